The van der Waals surface area contributed by atoms with Crippen LogP contribution in [0.4, 0.5) is 5.69 Å². The lowest BCUT2D eigenvalue weighted by atomic mass is 10.2. The van der Waals surface area contributed by atoms with Gasteiger partial charge in [-0.2, -0.15) is 5.10 Å². The number of hydrogen-bond acceptors (Lipinski definition) is 4. The number of hydrogen-bond donors (Lipinski definition) is 2. The number of carbonyl (C=O) groups is 2. The largest absolute Gasteiger partial charge is 0.497 e. The maximum Gasteiger partial charge on any atom is 0.329 e. The summed E-state index contributed by atoms with van der Waals surface area (Å²) < 4.78 is 8.19. The number of rotatable bonds is 5. The van der Waals surface area contributed by atoms with Crippen molar-refractivity contribution >= 4 is 39.6 Å². The molecule has 154 valence electrons. The van der Waals surface area contributed by atoms with Gasteiger partial charge in [-0.3, -0.25) is 9.59 Å². The third-order valence-corrected chi connectivity index (χ3v) is 4.99. The molecule has 2 N–H and O–H groups in total. The van der Waals surface area contributed by atoms with Crippen LogP contribution >= 0.6 is 15.9 Å². The number of nitrogens with one attached hydrogen (secondary N) is 2. The standard InChI is InChI=1S/C22H21BrN4O3/c1-14-11-16(15(2)27(14)19-9-7-17(23)8-10-19)13-24-26-22(29)21(28)25-18-5-4-6-20(12-18)30-3/h4-13H,1-3H3,(H,25,28)(H,26,29)/b24-13-. The van der Waals surface area contributed by atoms with Crippen LogP contribution in [0.5, 0.6) is 5.75 Å². The molecule has 0 unspecified atom stereocenters. The number of amides is 2. The molecule has 0 spiro atoms. The second kappa shape index (κ2) is 9.41. The van der Waals surface area contributed by atoms with Gasteiger partial charge in [0.2, 0.25) is 0 Å². The minimum Gasteiger partial charge on any atom is -0.497 e. The lowest BCUT2D eigenvalue weighted by Gasteiger charge is -2.09. The summed E-state index contributed by atoms with van der Waals surface area (Å²) in [5.41, 5.74) is 6.56. The topological polar surface area (TPSA) is 84.7 Å². The maximum atomic E-state index is 12.0. The number of benzene rings is 2. The lowest BCUT2D eigenvalue weighted by Crippen LogP contribution is -2.32. The quantitative estimate of drug-likeness (QED) is 0.337. The van der Waals surface area contributed by atoms with Crippen LogP contribution in [0.3, 0.4) is 0 Å². The van der Waals surface area contributed by atoms with Gasteiger partial charge in [-0.1, -0.05) is 22.0 Å². The third kappa shape index (κ3) is 4.96. The molecule has 2 amide bonds. The van der Waals surface area contributed by atoms with Crippen molar-refractivity contribution in [2.45, 2.75) is 13.8 Å². The smallest absolute Gasteiger partial charge is 0.329 e. The molecular weight excluding hydrogens is 448 g/mol. The van der Waals surface area contributed by atoms with Crippen molar-refractivity contribution in [2.24, 2.45) is 5.10 Å². The average molecular weight is 469 g/mol. The molecule has 0 saturated heterocycles. The van der Waals surface area contributed by atoms with Crippen molar-refractivity contribution in [3.8, 4) is 11.4 Å². The SMILES string of the molecule is COc1cccc(NC(=O)C(=O)N/N=C\c2cc(C)n(-c3ccc(Br)cc3)c2C)c1. The average Bonchev–Trinajstić information content (AvgIpc) is 3.02. The monoisotopic (exact) mass is 468 g/mol. The molecule has 0 aliphatic rings. The molecule has 1 heterocycles. The van der Waals surface area contributed by atoms with E-state index in [2.05, 4.69) is 36.3 Å². The molecule has 0 fully saturated rings. The predicted molar refractivity (Wildman–Crippen MR) is 120 cm³/mol. The fourth-order valence-electron chi connectivity index (χ4n) is 3.01. The molecule has 0 saturated carbocycles. The summed E-state index contributed by atoms with van der Waals surface area (Å²) in [5, 5.41) is 6.43. The van der Waals surface area contributed by atoms with E-state index in [1.807, 2.05) is 44.2 Å². The molecule has 0 bridgehead atoms. The molecule has 0 aliphatic heterocycles. The van der Waals surface area contributed by atoms with Crippen molar-refractivity contribution in [1.82, 2.24) is 9.99 Å². The Kier molecular flexibility index (Phi) is 6.68. The molecule has 3 aromatic rings. The van der Waals surface area contributed by atoms with Gasteiger partial charge in [-0.25, -0.2) is 5.43 Å². The van der Waals surface area contributed by atoms with Gasteiger partial charge < -0.3 is 14.6 Å². The van der Waals surface area contributed by atoms with E-state index >= 15 is 0 Å². The van der Waals surface area contributed by atoms with Crippen molar-refractivity contribution in [3.05, 3.63) is 76.0 Å². The van der Waals surface area contributed by atoms with E-state index < -0.39 is 11.8 Å². The zero-order chi connectivity index (χ0) is 21.7. The number of halogens is 1. The number of anilines is 1. The zero-order valence-electron chi connectivity index (χ0n) is 16.8. The number of nitrogens with zero attached hydrogens (tertiary/aromatic N) is 2. The van der Waals surface area contributed by atoms with Gasteiger partial charge in [0.15, 0.2) is 0 Å². The molecule has 0 atom stereocenters. The van der Waals surface area contributed by atoms with Crippen LogP contribution in [0.2, 0.25) is 0 Å². The zero-order valence-corrected chi connectivity index (χ0v) is 18.4. The minimum atomic E-state index is -0.865. The fourth-order valence-corrected chi connectivity index (χ4v) is 3.27. The van der Waals surface area contributed by atoms with E-state index in [1.54, 1.807) is 24.3 Å². The first-order chi connectivity index (χ1) is 14.4. The number of methoxy groups -OCH3 is 1. The Morgan fingerprint density at radius 1 is 1.07 bits per heavy atom. The Morgan fingerprint density at radius 3 is 2.50 bits per heavy atom. The van der Waals surface area contributed by atoms with Crippen molar-refractivity contribution in [3.63, 3.8) is 0 Å². The summed E-state index contributed by atoms with van der Waals surface area (Å²) in [6, 6.07) is 16.7. The molecular formula is C22H21BrN4O3. The maximum absolute atomic E-state index is 12.0. The van der Waals surface area contributed by atoms with Gasteiger partial charge >= 0.3 is 11.8 Å². The van der Waals surface area contributed by atoms with Gasteiger partial charge in [-0.15, -0.1) is 0 Å². The normalized spacial score (nSPS) is 10.8. The Bertz CT molecular complexity index is 1100. The Balaban J connectivity index is 1.66. The van der Waals surface area contributed by atoms with Gasteiger partial charge in [-0.05, 0) is 56.3 Å². The first kappa shape index (κ1) is 21.3. The van der Waals surface area contributed by atoms with Crippen LogP contribution in [-0.4, -0.2) is 29.7 Å². The summed E-state index contributed by atoms with van der Waals surface area (Å²) in [5.74, 6) is -1.11. The van der Waals surface area contributed by atoms with Gasteiger partial charge in [0.05, 0.1) is 13.3 Å². The van der Waals surface area contributed by atoms with Crippen LogP contribution in [0.25, 0.3) is 5.69 Å². The van der Waals surface area contributed by atoms with Crippen molar-refractivity contribution in [1.29, 1.82) is 0 Å². The van der Waals surface area contributed by atoms with Crippen LogP contribution < -0.4 is 15.5 Å². The molecule has 0 radical (unpaired) electrons. The summed E-state index contributed by atoms with van der Waals surface area (Å²) >= 11 is 3.44. The molecule has 8 heteroatoms. The highest BCUT2D eigenvalue weighted by Crippen LogP contribution is 2.21. The van der Waals surface area contributed by atoms with Crippen LogP contribution in [-0.2, 0) is 9.59 Å². The minimum absolute atomic E-state index is 0.455. The van der Waals surface area contributed by atoms with E-state index in [0.29, 0.717) is 11.4 Å². The summed E-state index contributed by atoms with van der Waals surface area (Å²) in [7, 11) is 1.52. The first-order valence-electron chi connectivity index (χ1n) is 9.12. The molecule has 2 aromatic carbocycles. The second-order valence-corrected chi connectivity index (χ2v) is 7.44. The molecule has 3 rings (SSSR count). The highest BCUT2D eigenvalue weighted by molar-refractivity contribution is 9.10. The van der Waals surface area contributed by atoms with E-state index in [4.69, 9.17) is 4.74 Å². The van der Waals surface area contributed by atoms with Crippen molar-refractivity contribution in [2.75, 3.05) is 12.4 Å². The number of carbonyl (C=O) groups excluding carboxylic acids is 2. The number of ether oxygens (including phenoxy) is 1. The van der Waals surface area contributed by atoms with Crippen LogP contribution in [0, 0.1) is 13.8 Å². The van der Waals surface area contributed by atoms with Gasteiger partial charge in [0.25, 0.3) is 0 Å². The number of hydrazone groups is 1. The van der Waals surface area contributed by atoms with Gasteiger partial charge in [0, 0.05) is 38.9 Å². The van der Waals surface area contributed by atoms with E-state index in [9.17, 15) is 9.59 Å². The number of aryl methyl sites for hydroxylation is 1. The summed E-state index contributed by atoms with van der Waals surface area (Å²) in [6.07, 6.45) is 1.52. The first-order valence-corrected chi connectivity index (χ1v) is 9.91. The highest BCUT2D eigenvalue weighted by Gasteiger charge is 2.14. The lowest BCUT2D eigenvalue weighted by molar-refractivity contribution is -0.136. The Hall–Kier alpha value is -3.39. The van der Waals surface area contributed by atoms with Crippen molar-refractivity contribution < 1.29 is 14.3 Å². The van der Waals surface area contributed by atoms with Gasteiger partial charge in [0.1, 0.15) is 5.75 Å². The third-order valence-electron chi connectivity index (χ3n) is 4.46. The van der Waals surface area contributed by atoms with Crippen LogP contribution in [0.1, 0.15) is 17.0 Å². The van der Waals surface area contributed by atoms with E-state index in [-0.39, 0.29) is 0 Å². The van der Waals surface area contributed by atoms with E-state index in [1.165, 1.54) is 13.3 Å². The predicted octanol–water partition coefficient (Wildman–Crippen LogP) is 3.95. The summed E-state index contributed by atoms with van der Waals surface area (Å²) in [6.45, 7) is 3.96. The van der Waals surface area contributed by atoms with Crippen LogP contribution in [0.15, 0.2) is 64.2 Å². The second-order valence-electron chi connectivity index (χ2n) is 6.52. The highest BCUT2D eigenvalue weighted by atomic mass is 79.9. The van der Waals surface area contributed by atoms with E-state index in [0.717, 1.165) is 27.1 Å². The Morgan fingerprint density at radius 2 is 1.80 bits per heavy atom. The molecule has 30 heavy (non-hydrogen) atoms. The summed E-state index contributed by atoms with van der Waals surface area (Å²) in [4.78, 5) is 24.1. The fraction of sp³-hybridized carbons (Fsp3) is 0.136. The number of aromatic nitrogens is 1. The molecule has 1 aromatic heterocycles. The molecule has 7 nitrogen and oxygen atoms in total. The molecule has 0 aliphatic carbocycles. The Labute approximate surface area is 182 Å².